The van der Waals surface area contributed by atoms with Crippen LogP contribution in [0.25, 0.3) is 11.3 Å². The average Bonchev–Trinajstić information content (AvgIpc) is 2.87. The van der Waals surface area contributed by atoms with Crippen LogP contribution in [0.1, 0.15) is 17.0 Å². The van der Waals surface area contributed by atoms with Gasteiger partial charge in [-0.15, -0.1) is 17.0 Å². The summed E-state index contributed by atoms with van der Waals surface area (Å²) < 4.78 is 2.22. The number of nitrogens with zero attached hydrogens (tertiary/aromatic N) is 2. The standard InChI is InChI=1S/C17H13ClN2.BrH/c18-15-8-4-3-7-14(15)16-11-20-10-13-6-2-1-5-12(13)9-17(20)19-16;/h1-8,11H,9-10H2;1H. The number of hydrogen-bond acceptors (Lipinski definition) is 1. The fourth-order valence-electron chi connectivity index (χ4n) is 2.77. The summed E-state index contributed by atoms with van der Waals surface area (Å²) in [5, 5.41) is 0.750. The Balaban J connectivity index is 0.00000132. The summed E-state index contributed by atoms with van der Waals surface area (Å²) in [7, 11) is 0. The minimum atomic E-state index is 0. The largest absolute Gasteiger partial charge is 0.330 e. The molecule has 106 valence electrons. The Kier molecular flexibility index (Phi) is 3.87. The molecule has 0 atom stereocenters. The van der Waals surface area contributed by atoms with Crippen LogP contribution in [0.2, 0.25) is 5.02 Å². The van der Waals surface area contributed by atoms with Gasteiger partial charge >= 0.3 is 0 Å². The first-order valence-electron chi connectivity index (χ1n) is 6.69. The van der Waals surface area contributed by atoms with Crippen molar-refractivity contribution in [3.05, 3.63) is 76.7 Å². The molecular weight excluding hydrogens is 348 g/mol. The second kappa shape index (κ2) is 5.66. The number of benzene rings is 2. The molecule has 21 heavy (non-hydrogen) atoms. The van der Waals surface area contributed by atoms with Crippen molar-refractivity contribution in [1.82, 2.24) is 9.55 Å². The Labute approximate surface area is 139 Å². The van der Waals surface area contributed by atoms with Crippen LogP contribution < -0.4 is 0 Å². The Hall–Kier alpha value is -1.58. The molecule has 0 saturated carbocycles. The van der Waals surface area contributed by atoms with E-state index in [1.54, 1.807) is 0 Å². The topological polar surface area (TPSA) is 17.8 Å². The SMILES string of the molecule is Br.Clc1ccccc1-c1cn2c(n1)Cc1ccccc1C2. The molecule has 0 N–H and O–H groups in total. The van der Waals surface area contributed by atoms with Crippen molar-refractivity contribution < 1.29 is 0 Å². The lowest BCUT2D eigenvalue weighted by Crippen LogP contribution is -2.13. The predicted molar refractivity (Wildman–Crippen MR) is 91.3 cm³/mol. The van der Waals surface area contributed by atoms with E-state index >= 15 is 0 Å². The van der Waals surface area contributed by atoms with Gasteiger partial charge in [0.1, 0.15) is 5.82 Å². The molecule has 1 aliphatic rings. The van der Waals surface area contributed by atoms with E-state index in [4.69, 9.17) is 16.6 Å². The van der Waals surface area contributed by atoms with Gasteiger partial charge in [0, 0.05) is 24.7 Å². The first-order valence-corrected chi connectivity index (χ1v) is 7.07. The van der Waals surface area contributed by atoms with E-state index in [1.807, 2.05) is 24.3 Å². The number of aromatic nitrogens is 2. The van der Waals surface area contributed by atoms with Gasteiger partial charge in [-0.05, 0) is 17.2 Å². The molecule has 0 radical (unpaired) electrons. The summed E-state index contributed by atoms with van der Waals surface area (Å²) in [6, 6.07) is 16.4. The number of imidazole rings is 1. The molecule has 0 aliphatic carbocycles. The number of fused-ring (bicyclic) bond motifs is 2. The van der Waals surface area contributed by atoms with Crippen LogP contribution in [0.3, 0.4) is 0 Å². The highest BCUT2D eigenvalue weighted by molar-refractivity contribution is 8.93. The highest BCUT2D eigenvalue weighted by atomic mass is 79.9. The molecule has 0 bridgehead atoms. The van der Waals surface area contributed by atoms with Gasteiger partial charge in [-0.25, -0.2) is 4.98 Å². The van der Waals surface area contributed by atoms with E-state index in [2.05, 4.69) is 35.0 Å². The first-order chi connectivity index (χ1) is 9.81. The lowest BCUT2D eigenvalue weighted by Gasteiger charge is -2.17. The van der Waals surface area contributed by atoms with Crippen molar-refractivity contribution in [2.45, 2.75) is 13.0 Å². The molecule has 4 heteroatoms. The third-order valence-electron chi connectivity index (χ3n) is 3.82. The minimum Gasteiger partial charge on any atom is -0.330 e. The van der Waals surface area contributed by atoms with Crippen molar-refractivity contribution >= 4 is 28.6 Å². The molecule has 0 fully saturated rings. The summed E-state index contributed by atoms with van der Waals surface area (Å²) in [6.45, 7) is 0.892. The van der Waals surface area contributed by atoms with Gasteiger partial charge in [-0.3, -0.25) is 0 Å². The Bertz CT molecular complexity index is 752. The van der Waals surface area contributed by atoms with Gasteiger partial charge < -0.3 is 4.57 Å². The van der Waals surface area contributed by atoms with Crippen LogP contribution in [0.15, 0.2) is 54.7 Å². The number of hydrogen-bond donors (Lipinski definition) is 0. The molecular formula is C17H14BrClN2. The van der Waals surface area contributed by atoms with E-state index < -0.39 is 0 Å². The quantitative estimate of drug-likeness (QED) is 0.479. The van der Waals surface area contributed by atoms with Gasteiger partial charge in [0.15, 0.2) is 0 Å². The zero-order chi connectivity index (χ0) is 13.5. The fraction of sp³-hybridized carbons (Fsp3) is 0.118. The second-order valence-electron chi connectivity index (χ2n) is 5.10. The van der Waals surface area contributed by atoms with Crippen molar-refractivity contribution in [3.63, 3.8) is 0 Å². The molecule has 2 heterocycles. The molecule has 4 rings (SSSR count). The molecule has 2 nitrogen and oxygen atoms in total. The Morgan fingerprint density at radius 3 is 2.48 bits per heavy atom. The molecule has 0 amide bonds. The van der Waals surface area contributed by atoms with Crippen LogP contribution in [0, 0.1) is 0 Å². The summed E-state index contributed by atoms with van der Waals surface area (Å²) in [4.78, 5) is 4.76. The maximum Gasteiger partial charge on any atom is 0.114 e. The van der Waals surface area contributed by atoms with Crippen molar-refractivity contribution in [3.8, 4) is 11.3 Å². The van der Waals surface area contributed by atoms with Crippen LogP contribution >= 0.6 is 28.6 Å². The van der Waals surface area contributed by atoms with Crippen LogP contribution in [-0.4, -0.2) is 9.55 Å². The highest BCUT2D eigenvalue weighted by Gasteiger charge is 2.18. The molecule has 0 unspecified atom stereocenters. The minimum absolute atomic E-state index is 0. The number of halogens is 2. The molecule has 1 aromatic heterocycles. The van der Waals surface area contributed by atoms with Crippen LogP contribution in [0.5, 0.6) is 0 Å². The third kappa shape index (κ3) is 2.52. The van der Waals surface area contributed by atoms with Crippen LogP contribution in [0.4, 0.5) is 0 Å². The second-order valence-corrected chi connectivity index (χ2v) is 5.50. The number of rotatable bonds is 1. The summed E-state index contributed by atoms with van der Waals surface area (Å²) in [6.07, 6.45) is 2.99. The van der Waals surface area contributed by atoms with Gasteiger partial charge in [-0.2, -0.15) is 0 Å². The monoisotopic (exact) mass is 360 g/mol. The van der Waals surface area contributed by atoms with Crippen LogP contribution in [-0.2, 0) is 13.0 Å². The van der Waals surface area contributed by atoms with Crippen molar-refractivity contribution in [1.29, 1.82) is 0 Å². The van der Waals surface area contributed by atoms with Gasteiger partial charge in [0.05, 0.1) is 10.7 Å². The van der Waals surface area contributed by atoms with E-state index in [-0.39, 0.29) is 17.0 Å². The van der Waals surface area contributed by atoms with Gasteiger partial charge in [-0.1, -0.05) is 54.1 Å². The van der Waals surface area contributed by atoms with E-state index in [0.717, 1.165) is 35.1 Å². The smallest absolute Gasteiger partial charge is 0.114 e. The molecule has 3 aromatic rings. The van der Waals surface area contributed by atoms with Gasteiger partial charge in [0.25, 0.3) is 0 Å². The van der Waals surface area contributed by atoms with Gasteiger partial charge in [0.2, 0.25) is 0 Å². The first kappa shape index (κ1) is 14.4. The summed E-state index contributed by atoms with van der Waals surface area (Å²) in [5.41, 5.74) is 4.71. The molecule has 0 saturated heterocycles. The summed E-state index contributed by atoms with van der Waals surface area (Å²) in [5.74, 6) is 1.11. The predicted octanol–water partition coefficient (Wildman–Crippen LogP) is 4.73. The Morgan fingerprint density at radius 1 is 0.952 bits per heavy atom. The van der Waals surface area contributed by atoms with E-state index in [0.29, 0.717) is 0 Å². The van der Waals surface area contributed by atoms with E-state index in [1.165, 1.54) is 11.1 Å². The fourth-order valence-corrected chi connectivity index (χ4v) is 3.00. The maximum absolute atomic E-state index is 6.26. The zero-order valence-corrected chi connectivity index (χ0v) is 13.8. The lowest BCUT2D eigenvalue weighted by atomic mass is 10.0. The van der Waals surface area contributed by atoms with Crippen molar-refractivity contribution in [2.75, 3.05) is 0 Å². The maximum atomic E-state index is 6.26. The lowest BCUT2D eigenvalue weighted by molar-refractivity contribution is 0.701. The van der Waals surface area contributed by atoms with E-state index in [9.17, 15) is 0 Å². The third-order valence-corrected chi connectivity index (χ3v) is 4.15. The average molecular weight is 362 g/mol. The normalized spacial score (nSPS) is 12.2. The summed E-state index contributed by atoms with van der Waals surface area (Å²) >= 11 is 6.26. The molecule has 2 aromatic carbocycles. The molecule has 1 aliphatic heterocycles. The van der Waals surface area contributed by atoms with Crippen molar-refractivity contribution in [2.24, 2.45) is 0 Å². The Morgan fingerprint density at radius 2 is 1.67 bits per heavy atom. The highest BCUT2D eigenvalue weighted by Crippen LogP contribution is 2.29. The molecule has 0 spiro atoms. The zero-order valence-electron chi connectivity index (χ0n) is 11.3.